The predicted octanol–water partition coefficient (Wildman–Crippen LogP) is 3.56. The Bertz CT molecular complexity index is 1160. The van der Waals surface area contributed by atoms with Crippen LogP contribution < -0.4 is 10.6 Å². The van der Waals surface area contributed by atoms with E-state index >= 15 is 0 Å². The van der Waals surface area contributed by atoms with Crippen molar-refractivity contribution in [2.24, 2.45) is 0 Å². The van der Waals surface area contributed by atoms with Crippen LogP contribution in [0.5, 0.6) is 0 Å². The number of aryl methyl sites for hydroxylation is 1. The number of urea groups is 1. The normalized spacial score (nSPS) is 14.1. The second-order valence-corrected chi connectivity index (χ2v) is 10.4. The fraction of sp³-hybridized carbons (Fsp3) is 0.273. The Hall–Kier alpha value is -2.75. The van der Waals surface area contributed by atoms with Crippen LogP contribution in [0, 0.1) is 6.92 Å². The number of fused-ring (bicyclic) bond motifs is 1. The molecule has 0 saturated carbocycles. The molecule has 1 aromatic heterocycles. The average Bonchev–Trinajstić information content (AvgIpc) is 3.16. The maximum atomic E-state index is 13.0. The maximum Gasteiger partial charge on any atom is 0.321 e. The first-order chi connectivity index (χ1) is 14.9. The number of carbonyl (C=O) groups is 1. The Kier molecular flexibility index (Phi) is 6.35. The Balaban J connectivity index is 1.35. The molecule has 1 aliphatic heterocycles. The Labute approximate surface area is 186 Å². The second kappa shape index (κ2) is 9.17. The van der Waals surface area contributed by atoms with E-state index in [1.54, 1.807) is 24.3 Å². The summed E-state index contributed by atoms with van der Waals surface area (Å²) in [5.74, 6) is 0. The highest BCUT2D eigenvalue weighted by atomic mass is 32.2. The van der Waals surface area contributed by atoms with Crippen molar-refractivity contribution in [2.45, 2.75) is 31.2 Å². The number of nitrogens with zero attached hydrogens (tertiary/aromatic N) is 2. The Morgan fingerprint density at radius 1 is 1.13 bits per heavy atom. The Morgan fingerprint density at radius 2 is 1.87 bits per heavy atom. The van der Waals surface area contributed by atoms with Gasteiger partial charge in [0.15, 0.2) is 5.13 Å². The topological polar surface area (TPSA) is 91.4 Å². The number of amides is 2. The molecule has 0 radical (unpaired) electrons. The van der Waals surface area contributed by atoms with Crippen molar-refractivity contribution < 1.29 is 13.2 Å². The number of hydrogen-bond donors (Lipinski definition) is 2. The van der Waals surface area contributed by atoms with Gasteiger partial charge in [0.25, 0.3) is 0 Å². The molecule has 2 heterocycles. The molecule has 0 fully saturated rings. The summed E-state index contributed by atoms with van der Waals surface area (Å²) >= 11 is 1.32. The average molecular weight is 457 g/mol. The molecule has 0 spiro atoms. The number of anilines is 1. The van der Waals surface area contributed by atoms with E-state index in [1.165, 1.54) is 15.6 Å². The van der Waals surface area contributed by atoms with Crippen LogP contribution in [0.25, 0.3) is 0 Å². The molecule has 7 nitrogen and oxygen atoms in total. The van der Waals surface area contributed by atoms with Crippen molar-refractivity contribution in [1.82, 2.24) is 14.6 Å². The molecular formula is C22H24N4O3S2. The third kappa shape index (κ3) is 5.12. The molecular weight excluding hydrogens is 432 g/mol. The molecule has 162 valence electrons. The minimum absolute atomic E-state index is 0.264. The molecule has 2 amide bonds. The highest BCUT2D eigenvalue weighted by Crippen LogP contribution is 2.31. The minimum atomic E-state index is -3.56. The number of benzene rings is 2. The van der Waals surface area contributed by atoms with Crippen LogP contribution in [0.2, 0.25) is 0 Å². The molecule has 9 heteroatoms. The third-order valence-corrected chi connectivity index (χ3v) is 7.97. The predicted molar refractivity (Wildman–Crippen MR) is 122 cm³/mol. The highest BCUT2D eigenvalue weighted by Gasteiger charge is 2.30. The fourth-order valence-corrected chi connectivity index (χ4v) is 5.91. The van der Waals surface area contributed by atoms with Crippen molar-refractivity contribution >= 4 is 32.5 Å². The molecule has 0 saturated heterocycles. The fourth-order valence-electron chi connectivity index (χ4n) is 3.40. The molecule has 2 N–H and O–H groups in total. The maximum absolute atomic E-state index is 13.0. The lowest BCUT2D eigenvalue weighted by Gasteiger charge is -2.25. The van der Waals surface area contributed by atoms with E-state index in [2.05, 4.69) is 15.6 Å². The monoisotopic (exact) mass is 456 g/mol. The van der Waals surface area contributed by atoms with Crippen molar-refractivity contribution in [3.8, 4) is 0 Å². The third-order valence-electron chi connectivity index (χ3n) is 5.12. The van der Waals surface area contributed by atoms with E-state index < -0.39 is 10.0 Å². The van der Waals surface area contributed by atoms with Crippen LogP contribution in [0.4, 0.5) is 9.93 Å². The number of thiazole rings is 1. The quantitative estimate of drug-likeness (QED) is 0.593. The molecule has 0 aliphatic carbocycles. The summed E-state index contributed by atoms with van der Waals surface area (Å²) in [4.78, 5) is 17.8. The van der Waals surface area contributed by atoms with Gasteiger partial charge in [0, 0.05) is 24.4 Å². The zero-order valence-electron chi connectivity index (χ0n) is 17.2. The van der Waals surface area contributed by atoms with Gasteiger partial charge < -0.3 is 5.32 Å². The molecule has 31 heavy (non-hydrogen) atoms. The van der Waals surface area contributed by atoms with E-state index in [1.807, 2.05) is 37.3 Å². The van der Waals surface area contributed by atoms with Gasteiger partial charge in [-0.15, -0.1) is 0 Å². The zero-order chi connectivity index (χ0) is 21.8. The van der Waals surface area contributed by atoms with Crippen molar-refractivity contribution in [1.29, 1.82) is 0 Å². The van der Waals surface area contributed by atoms with Crippen molar-refractivity contribution in [3.63, 3.8) is 0 Å². The van der Waals surface area contributed by atoms with E-state index in [-0.39, 0.29) is 12.6 Å². The first-order valence-electron chi connectivity index (χ1n) is 10.1. The smallest absolute Gasteiger partial charge is 0.321 e. The van der Waals surface area contributed by atoms with Crippen LogP contribution in [0.3, 0.4) is 0 Å². The lowest BCUT2D eigenvalue weighted by atomic mass is 10.1. The van der Waals surface area contributed by atoms with Gasteiger partial charge in [-0.2, -0.15) is 4.31 Å². The lowest BCUT2D eigenvalue weighted by molar-refractivity contribution is 0.252. The summed E-state index contributed by atoms with van der Waals surface area (Å²) in [5, 5.41) is 6.08. The summed E-state index contributed by atoms with van der Waals surface area (Å²) in [5.41, 5.74) is 3.02. The van der Waals surface area contributed by atoms with E-state index in [4.69, 9.17) is 0 Å². The van der Waals surface area contributed by atoms with Crippen molar-refractivity contribution in [2.75, 3.05) is 18.4 Å². The van der Waals surface area contributed by atoms with Crippen LogP contribution in [-0.2, 0) is 29.4 Å². The minimum Gasteiger partial charge on any atom is -0.337 e. The number of aromatic nitrogens is 1. The molecule has 0 unspecified atom stereocenters. The van der Waals surface area contributed by atoms with Crippen molar-refractivity contribution in [3.05, 3.63) is 76.3 Å². The zero-order valence-corrected chi connectivity index (χ0v) is 18.8. The molecule has 3 aromatic rings. The molecule has 0 atom stereocenters. The number of hydrogen-bond acceptors (Lipinski definition) is 5. The Morgan fingerprint density at radius 3 is 2.61 bits per heavy atom. The molecule has 0 bridgehead atoms. The summed E-state index contributed by atoms with van der Waals surface area (Å²) in [6.45, 7) is 3.08. The van der Waals surface area contributed by atoms with Gasteiger partial charge in [-0.25, -0.2) is 18.2 Å². The number of rotatable bonds is 6. The lowest BCUT2D eigenvalue weighted by Crippen LogP contribution is -2.35. The van der Waals surface area contributed by atoms with Crippen LogP contribution in [-0.4, -0.2) is 36.8 Å². The van der Waals surface area contributed by atoms with E-state index in [0.29, 0.717) is 29.5 Å². The van der Waals surface area contributed by atoms with E-state index in [0.717, 1.165) is 28.1 Å². The largest absolute Gasteiger partial charge is 0.337 e. The van der Waals surface area contributed by atoms with Crippen LogP contribution in [0.15, 0.2) is 59.5 Å². The van der Waals surface area contributed by atoms with Gasteiger partial charge in [-0.3, -0.25) is 5.32 Å². The number of nitrogens with one attached hydrogen (secondary N) is 2. The van der Waals surface area contributed by atoms with Crippen LogP contribution in [0.1, 0.15) is 21.7 Å². The van der Waals surface area contributed by atoms with Gasteiger partial charge >= 0.3 is 6.03 Å². The molecule has 2 aromatic carbocycles. The molecule has 4 rings (SSSR count). The second-order valence-electron chi connectivity index (χ2n) is 7.41. The van der Waals surface area contributed by atoms with Gasteiger partial charge in [-0.05, 0) is 31.0 Å². The van der Waals surface area contributed by atoms with Gasteiger partial charge in [-0.1, -0.05) is 59.4 Å². The summed E-state index contributed by atoms with van der Waals surface area (Å²) in [7, 11) is -3.56. The number of carbonyl (C=O) groups excluding carboxylic acids is 1. The van der Waals surface area contributed by atoms with Gasteiger partial charge in [0.05, 0.1) is 17.1 Å². The van der Waals surface area contributed by atoms with E-state index in [9.17, 15) is 13.2 Å². The number of sulfonamides is 1. The summed E-state index contributed by atoms with van der Waals surface area (Å²) in [6, 6.07) is 16.5. The standard InChI is InChI=1S/C22H24N4O3S2/c1-16-7-9-18(10-8-16)31(28,29)26-14-12-19-20(15-26)30-22(24-19)25-21(27)23-13-11-17-5-3-2-4-6-17/h2-10H,11-15H2,1H3,(H2,23,24,25,27). The SMILES string of the molecule is Cc1ccc(S(=O)(=O)N2CCc3nc(NC(=O)NCCc4ccccc4)sc3C2)cc1. The summed E-state index contributed by atoms with van der Waals surface area (Å²) < 4.78 is 27.4. The molecule has 1 aliphatic rings. The summed E-state index contributed by atoms with van der Waals surface area (Å²) in [6.07, 6.45) is 1.27. The first kappa shape index (κ1) is 21.5. The first-order valence-corrected chi connectivity index (χ1v) is 12.3. The van der Waals surface area contributed by atoms with Crippen LogP contribution >= 0.6 is 11.3 Å². The van der Waals surface area contributed by atoms with Gasteiger partial charge in [0.2, 0.25) is 10.0 Å². The highest BCUT2D eigenvalue weighted by molar-refractivity contribution is 7.89. The van der Waals surface area contributed by atoms with Gasteiger partial charge in [0.1, 0.15) is 0 Å².